The van der Waals surface area contributed by atoms with E-state index >= 15 is 0 Å². The van der Waals surface area contributed by atoms with Crippen LogP contribution in [0.25, 0.3) is 11.0 Å². The first kappa shape index (κ1) is 10.6. The molecule has 1 aliphatic rings. The van der Waals surface area contributed by atoms with Crippen LogP contribution >= 0.6 is 0 Å². The Morgan fingerprint density at radius 2 is 2.00 bits per heavy atom. The third kappa shape index (κ3) is 1.70. The van der Waals surface area contributed by atoms with Gasteiger partial charge in [0.1, 0.15) is 0 Å². The summed E-state index contributed by atoms with van der Waals surface area (Å²) >= 11 is 0. The van der Waals surface area contributed by atoms with E-state index in [-0.39, 0.29) is 0 Å². The van der Waals surface area contributed by atoms with Crippen LogP contribution < -0.4 is 5.73 Å². The first-order valence-corrected chi connectivity index (χ1v) is 6.50. The highest BCUT2D eigenvalue weighted by atomic mass is 15.2. The Hall–Kier alpha value is -1.51. The van der Waals surface area contributed by atoms with Crippen molar-refractivity contribution in [2.45, 2.75) is 45.1 Å². The lowest BCUT2D eigenvalue weighted by atomic mass is 9.95. The molecule has 0 spiro atoms. The first-order valence-electron chi connectivity index (χ1n) is 6.50. The number of nitrogens with zero attached hydrogens (tertiary/aromatic N) is 2. The monoisotopic (exact) mass is 229 g/mol. The molecule has 17 heavy (non-hydrogen) atoms. The van der Waals surface area contributed by atoms with Gasteiger partial charge < -0.3 is 10.3 Å². The van der Waals surface area contributed by atoms with Crippen molar-refractivity contribution >= 4 is 17.0 Å². The predicted molar refractivity (Wildman–Crippen MR) is 71.0 cm³/mol. The molecule has 2 aromatic rings. The highest BCUT2D eigenvalue weighted by Crippen LogP contribution is 2.34. The van der Waals surface area contributed by atoms with Crippen molar-refractivity contribution < 1.29 is 0 Å². The van der Waals surface area contributed by atoms with E-state index in [9.17, 15) is 0 Å². The van der Waals surface area contributed by atoms with Gasteiger partial charge in [-0.1, -0.05) is 31.4 Å². The third-order valence-electron chi connectivity index (χ3n) is 3.88. The molecule has 1 aromatic carbocycles. The average Bonchev–Trinajstić information content (AvgIpc) is 2.68. The van der Waals surface area contributed by atoms with Crippen molar-refractivity contribution in [3.8, 4) is 0 Å². The minimum atomic E-state index is 0.551. The minimum absolute atomic E-state index is 0.551. The Morgan fingerprint density at radius 1 is 1.24 bits per heavy atom. The van der Waals surface area contributed by atoms with E-state index in [1.807, 2.05) is 0 Å². The first-order chi connectivity index (χ1) is 8.27. The summed E-state index contributed by atoms with van der Waals surface area (Å²) in [5.41, 5.74) is 9.65. The fraction of sp³-hybridized carbons (Fsp3) is 0.500. The number of rotatable bonds is 1. The van der Waals surface area contributed by atoms with E-state index < -0.39 is 0 Å². The third-order valence-corrected chi connectivity index (χ3v) is 3.88. The molecule has 3 rings (SSSR count). The van der Waals surface area contributed by atoms with Crippen molar-refractivity contribution in [2.75, 3.05) is 5.73 Å². The number of para-hydroxylation sites is 1. The summed E-state index contributed by atoms with van der Waals surface area (Å²) in [7, 11) is 0. The summed E-state index contributed by atoms with van der Waals surface area (Å²) in [6.07, 6.45) is 6.47. The molecule has 3 nitrogen and oxygen atoms in total. The van der Waals surface area contributed by atoms with Gasteiger partial charge in [0.15, 0.2) is 0 Å². The highest BCUT2D eigenvalue weighted by molar-refractivity contribution is 5.81. The fourth-order valence-corrected chi connectivity index (χ4v) is 3.05. The van der Waals surface area contributed by atoms with Crippen LogP contribution in [0.5, 0.6) is 0 Å². The Balaban J connectivity index is 2.16. The molecular formula is C14H19N3. The molecule has 1 fully saturated rings. The number of hydrogen-bond donors (Lipinski definition) is 1. The van der Waals surface area contributed by atoms with Gasteiger partial charge in [-0.25, -0.2) is 4.98 Å². The van der Waals surface area contributed by atoms with Crippen LogP contribution in [-0.2, 0) is 0 Å². The second kappa shape index (κ2) is 4.06. The maximum Gasteiger partial charge on any atom is 0.201 e. The zero-order valence-electron chi connectivity index (χ0n) is 10.3. The van der Waals surface area contributed by atoms with Crippen LogP contribution in [0.2, 0.25) is 0 Å². The lowest BCUT2D eigenvalue weighted by molar-refractivity contribution is 0.363. The van der Waals surface area contributed by atoms with E-state index in [0.29, 0.717) is 12.0 Å². The number of hydrogen-bond acceptors (Lipinski definition) is 2. The summed E-state index contributed by atoms with van der Waals surface area (Å²) in [6, 6.07) is 6.80. The minimum Gasteiger partial charge on any atom is -0.369 e. The molecule has 0 atom stereocenters. The maximum atomic E-state index is 6.10. The molecule has 0 bridgehead atoms. The second-order valence-corrected chi connectivity index (χ2v) is 5.07. The summed E-state index contributed by atoms with van der Waals surface area (Å²) in [4.78, 5) is 4.49. The number of fused-ring (bicyclic) bond motifs is 1. The lowest BCUT2D eigenvalue weighted by Gasteiger charge is -2.25. The van der Waals surface area contributed by atoms with Crippen molar-refractivity contribution in [1.29, 1.82) is 0 Å². The number of aromatic nitrogens is 2. The Morgan fingerprint density at radius 3 is 2.76 bits per heavy atom. The van der Waals surface area contributed by atoms with Crippen LogP contribution in [0.15, 0.2) is 18.2 Å². The van der Waals surface area contributed by atoms with E-state index in [4.69, 9.17) is 5.73 Å². The Bertz CT molecular complexity index is 536. The molecule has 3 heteroatoms. The molecule has 0 unspecified atom stereocenters. The van der Waals surface area contributed by atoms with Crippen LogP contribution in [-0.4, -0.2) is 9.55 Å². The number of anilines is 1. The van der Waals surface area contributed by atoms with Gasteiger partial charge in [0.05, 0.1) is 11.0 Å². The molecule has 0 saturated heterocycles. The Kier molecular flexibility index (Phi) is 2.54. The number of nitrogens with two attached hydrogens (primary N) is 1. The standard InChI is InChI=1S/C14H19N3/c1-10-6-5-9-12-13(10)17(14(15)16-12)11-7-3-2-4-8-11/h5-6,9,11H,2-4,7-8H2,1H3,(H2,15,16). The molecule has 90 valence electrons. The molecule has 1 saturated carbocycles. The lowest BCUT2D eigenvalue weighted by Crippen LogP contribution is -2.15. The van der Waals surface area contributed by atoms with Crippen molar-refractivity contribution in [3.05, 3.63) is 23.8 Å². The molecule has 1 heterocycles. The van der Waals surface area contributed by atoms with Gasteiger partial charge in [-0.2, -0.15) is 0 Å². The van der Waals surface area contributed by atoms with Gasteiger partial charge in [-0.15, -0.1) is 0 Å². The van der Waals surface area contributed by atoms with Crippen molar-refractivity contribution in [1.82, 2.24) is 9.55 Å². The average molecular weight is 229 g/mol. The second-order valence-electron chi connectivity index (χ2n) is 5.07. The quantitative estimate of drug-likeness (QED) is 0.814. The van der Waals surface area contributed by atoms with Crippen LogP contribution in [0.1, 0.15) is 43.7 Å². The topological polar surface area (TPSA) is 43.8 Å². The van der Waals surface area contributed by atoms with Gasteiger partial charge in [0.2, 0.25) is 5.95 Å². The fourth-order valence-electron chi connectivity index (χ4n) is 3.05. The summed E-state index contributed by atoms with van der Waals surface area (Å²) in [5, 5.41) is 0. The van der Waals surface area contributed by atoms with Gasteiger partial charge in [0, 0.05) is 6.04 Å². The SMILES string of the molecule is Cc1cccc2nc(N)n(C3CCCCC3)c12. The highest BCUT2D eigenvalue weighted by Gasteiger charge is 2.20. The van der Waals surface area contributed by atoms with Crippen molar-refractivity contribution in [2.24, 2.45) is 0 Å². The molecule has 2 N–H and O–H groups in total. The van der Waals surface area contributed by atoms with E-state index in [0.717, 1.165) is 5.52 Å². The van der Waals surface area contributed by atoms with Crippen LogP contribution in [0.3, 0.4) is 0 Å². The van der Waals surface area contributed by atoms with Gasteiger partial charge in [0.25, 0.3) is 0 Å². The van der Waals surface area contributed by atoms with Gasteiger partial charge in [-0.3, -0.25) is 0 Å². The van der Waals surface area contributed by atoms with Gasteiger partial charge in [-0.05, 0) is 31.4 Å². The van der Waals surface area contributed by atoms with Gasteiger partial charge >= 0.3 is 0 Å². The van der Waals surface area contributed by atoms with Crippen molar-refractivity contribution in [3.63, 3.8) is 0 Å². The largest absolute Gasteiger partial charge is 0.369 e. The summed E-state index contributed by atoms with van der Waals surface area (Å²) in [5.74, 6) is 0.682. The molecular weight excluding hydrogens is 210 g/mol. The van der Waals surface area contributed by atoms with Crippen LogP contribution in [0.4, 0.5) is 5.95 Å². The van der Waals surface area contributed by atoms with E-state index in [1.54, 1.807) is 0 Å². The Labute approximate surface area is 102 Å². The summed E-state index contributed by atoms with van der Waals surface area (Å²) < 4.78 is 2.27. The normalized spacial score (nSPS) is 17.7. The molecule has 0 amide bonds. The van der Waals surface area contributed by atoms with Crippen LogP contribution in [0, 0.1) is 6.92 Å². The smallest absolute Gasteiger partial charge is 0.201 e. The maximum absolute atomic E-state index is 6.10. The molecule has 0 aliphatic heterocycles. The van der Waals surface area contributed by atoms with E-state index in [2.05, 4.69) is 34.7 Å². The predicted octanol–water partition coefficient (Wildman–Crippen LogP) is 3.43. The zero-order chi connectivity index (χ0) is 11.8. The molecule has 1 aliphatic carbocycles. The summed E-state index contributed by atoms with van der Waals surface area (Å²) in [6.45, 7) is 2.14. The number of imidazole rings is 1. The number of benzene rings is 1. The molecule has 0 radical (unpaired) electrons. The van der Waals surface area contributed by atoms with E-state index in [1.165, 1.54) is 43.2 Å². The number of aryl methyl sites for hydroxylation is 1. The zero-order valence-corrected chi connectivity index (χ0v) is 10.3. The number of nitrogen functional groups attached to an aromatic ring is 1. The molecule has 1 aromatic heterocycles.